The summed E-state index contributed by atoms with van der Waals surface area (Å²) in [5, 5.41) is 4.09. The third kappa shape index (κ3) is 4.28. The number of fused-ring (bicyclic) bond motifs is 1. The number of primary amides is 1. The molecule has 0 radical (unpaired) electrons. The molecule has 6 nitrogen and oxygen atoms in total. The van der Waals surface area contributed by atoms with Crippen LogP contribution in [0.1, 0.15) is 43.2 Å². The van der Waals surface area contributed by atoms with Gasteiger partial charge in [0.1, 0.15) is 30.4 Å². The SMILES string of the molecule is CC(C)(C)CC(=O)N1Cc2c(C(N)=O)c(-c3ccc(F)c(Cl)c3)nn2C(CF)(CF)C1. The molecule has 0 fully saturated rings. The standard InChI is InChI=1S/C21H24ClF3N4O2/c1-20(2,3)7-16(30)28-8-15-17(19(26)31)18(12-4-5-14(25)13(22)6-12)27-29(15)21(9-23,10-24)11-28/h4-6H,7-11H2,1-3H3,(H2,26,31). The van der Waals surface area contributed by atoms with Crippen LogP contribution in [0.5, 0.6) is 0 Å². The second kappa shape index (κ2) is 8.18. The number of benzene rings is 1. The molecule has 0 spiro atoms. The Morgan fingerprint density at radius 3 is 2.42 bits per heavy atom. The van der Waals surface area contributed by atoms with E-state index >= 15 is 0 Å². The van der Waals surface area contributed by atoms with E-state index in [2.05, 4.69) is 5.10 Å². The van der Waals surface area contributed by atoms with Gasteiger partial charge < -0.3 is 10.6 Å². The van der Waals surface area contributed by atoms with Gasteiger partial charge in [-0.15, -0.1) is 0 Å². The van der Waals surface area contributed by atoms with E-state index in [0.29, 0.717) is 0 Å². The van der Waals surface area contributed by atoms with Crippen molar-refractivity contribution in [3.8, 4) is 11.3 Å². The van der Waals surface area contributed by atoms with Crippen LogP contribution in [-0.4, -0.2) is 46.4 Å². The summed E-state index contributed by atoms with van der Waals surface area (Å²) in [4.78, 5) is 26.5. The second-order valence-corrected chi connectivity index (χ2v) is 9.46. The number of hydrogen-bond donors (Lipinski definition) is 1. The van der Waals surface area contributed by atoms with Gasteiger partial charge in [-0.05, 0) is 23.6 Å². The lowest BCUT2D eigenvalue weighted by atomic mass is 9.90. The summed E-state index contributed by atoms with van der Waals surface area (Å²) in [5.74, 6) is -1.85. The fourth-order valence-corrected chi connectivity index (χ4v) is 3.91. The van der Waals surface area contributed by atoms with Crippen molar-refractivity contribution >= 4 is 23.4 Å². The van der Waals surface area contributed by atoms with Gasteiger partial charge in [-0.2, -0.15) is 5.10 Å². The molecule has 0 saturated carbocycles. The summed E-state index contributed by atoms with van der Waals surface area (Å²) in [7, 11) is 0. The lowest BCUT2D eigenvalue weighted by molar-refractivity contribution is -0.137. The molecule has 31 heavy (non-hydrogen) atoms. The number of amides is 2. The summed E-state index contributed by atoms with van der Waals surface area (Å²) < 4.78 is 43.2. The Hall–Kier alpha value is -2.55. The number of carbonyl (C=O) groups excluding carboxylic acids is 2. The lowest BCUT2D eigenvalue weighted by Crippen LogP contribution is -2.55. The highest BCUT2D eigenvalue weighted by molar-refractivity contribution is 6.31. The largest absolute Gasteiger partial charge is 0.365 e. The molecule has 2 amide bonds. The van der Waals surface area contributed by atoms with Crippen LogP contribution in [-0.2, 0) is 16.9 Å². The first-order chi connectivity index (χ1) is 14.4. The fourth-order valence-electron chi connectivity index (χ4n) is 3.73. The minimum absolute atomic E-state index is 0.0285. The van der Waals surface area contributed by atoms with Crippen LogP contribution >= 0.6 is 11.6 Å². The molecule has 1 aromatic heterocycles. The highest BCUT2D eigenvalue weighted by atomic mass is 35.5. The van der Waals surface area contributed by atoms with Gasteiger partial charge in [0, 0.05) is 12.0 Å². The van der Waals surface area contributed by atoms with Crippen LogP contribution in [0.2, 0.25) is 5.02 Å². The number of aromatic nitrogens is 2. The Morgan fingerprint density at radius 1 is 1.26 bits per heavy atom. The minimum Gasteiger partial charge on any atom is -0.365 e. The maximum Gasteiger partial charge on any atom is 0.252 e. The minimum atomic E-state index is -1.80. The first kappa shape index (κ1) is 23.1. The zero-order valence-corrected chi connectivity index (χ0v) is 18.3. The van der Waals surface area contributed by atoms with Gasteiger partial charge in [-0.3, -0.25) is 14.3 Å². The maximum atomic E-state index is 14.2. The lowest BCUT2D eigenvalue weighted by Gasteiger charge is -2.41. The molecule has 3 rings (SSSR count). The highest BCUT2D eigenvalue weighted by Crippen LogP contribution is 2.36. The zero-order valence-electron chi connectivity index (χ0n) is 17.5. The molecule has 1 aromatic carbocycles. The molecule has 0 saturated heterocycles. The van der Waals surface area contributed by atoms with E-state index in [4.69, 9.17) is 17.3 Å². The van der Waals surface area contributed by atoms with E-state index in [1.165, 1.54) is 17.0 Å². The van der Waals surface area contributed by atoms with Crippen LogP contribution in [0.3, 0.4) is 0 Å². The van der Waals surface area contributed by atoms with Crippen molar-refractivity contribution in [2.45, 2.75) is 39.3 Å². The molecule has 0 atom stereocenters. The van der Waals surface area contributed by atoms with Crippen molar-refractivity contribution in [3.63, 3.8) is 0 Å². The predicted octanol–water partition coefficient (Wildman–Crippen LogP) is 3.85. The maximum absolute atomic E-state index is 14.2. The van der Waals surface area contributed by atoms with Crippen molar-refractivity contribution < 1.29 is 22.8 Å². The number of carbonyl (C=O) groups is 2. The summed E-state index contributed by atoms with van der Waals surface area (Å²) in [6.07, 6.45) is 0.155. The number of rotatable bonds is 5. The molecule has 168 valence electrons. The Kier molecular flexibility index (Phi) is 6.10. The van der Waals surface area contributed by atoms with E-state index in [1.54, 1.807) is 0 Å². The smallest absolute Gasteiger partial charge is 0.252 e. The van der Waals surface area contributed by atoms with Gasteiger partial charge in [0.05, 0.1) is 29.4 Å². The number of nitrogens with two attached hydrogens (primary N) is 1. The van der Waals surface area contributed by atoms with Crippen LogP contribution in [0.25, 0.3) is 11.3 Å². The number of halogens is 4. The Labute approximate surface area is 183 Å². The van der Waals surface area contributed by atoms with Crippen LogP contribution in [0, 0.1) is 11.2 Å². The zero-order chi connectivity index (χ0) is 23.1. The van der Waals surface area contributed by atoms with Gasteiger partial charge in [0.25, 0.3) is 5.91 Å². The van der Waals surface area contributed by atoms with Crippen molar-refractivity contribution in [2.75, 3.05) is 19.9 Å². The van der Waals surface area contributed by atoms with Crippen molar-refractivity contribution in [3.05, 3.63) is 40.3 Å². The number of nitrogens with zero attached hydrogens (tertiary/aromatic N) is 3. The van der Waals surface area contributed by atoms with Crippen LogP contribution in [0.15, 0.2) is 18.2 Å². The summed E-state index contributed by atoms with van der Waals surface area (Å²) in [5.41, 5.74) is 3.80. The molecule has 10 heteroatoms. The molecule has 0 aliphatic carbocycles. The van der Waals surface area contributed by atoms with Gasteiger partial charge in [0.15, 0.2) is 0 Å². The van der Waals surface area contributed by atoms with E-state index in [-0.39, 0.29) is 58.4 Å². The molecule has 2 heterocycles. The first-order valence-corrected chi connectivity index (χ1v) is 10.1. The van der Waals surface area contributed by atoms with Gasteiger partial charge >= 0.3 is 0 Å². The Bertz CT molecular complexity index is 1030. The Morgan fingerprint density at radius 2 is 1.90 bits per heavy atom. The molecule has 1 aliphatic rings. The topological polar surface area (TPSA) is 81.2 Å². The number of hydrogen-bond acceptors (Lipinski definition) is 3. The molecule has 0 unspecified atom stereocenters. The third-order valence-electron chi connectivity index (χ3n) is 5.23. The fraction of sp³-hybridized carbons (Fsp3) is 0.476. The Balaban J connectivity index is 2.19. The van der Waals surface area contributed by atoms with E-state index in [0.717, 1.165) is 10.7 Å². The average molecular weight is 457 g/mol. The first-order valence-electron chi connectivity index (χ1n) is 9.70. The second-order valence-electron chi connectivity index (χ2n) is 9.05. The molecular formula is C21H24ClF3N4O2. The average Bonchev–Trinajstić information content (AvgIpc) is 3.08. The molecule has 0 bridgehead atoms. The normalized spacial score (nSPS) is 15.6. The quantitative estimate of drug-likeness (QED) is 0.741. The van der Waals surface area contributed by atoms with Gasteiger partial charge in [-0.1, -0.05) is 32.4 Å². The monoisotopic (exact) mass is 456 g/mol. The third-order valence-corrected chi connectivity index (χ3v) is 5.52. The van der Waals surface area contributed by atoms with Crippen LogP contribution in [0.4, 0.5) is 13.2 Å². The number of alkyl halides is 2. The van der Waals surface area contributed by atoms with E-state index in [1.807, 2.05) is 20.8 Å². The van der Waals surface area contributed by atoms with Crippen LogP contribution < -0.4 is 5.73 Å². The van der Waals surface area contributed by atoms with Crippen molar-refractivity contribution in [1.29, 1.82) is 0 Å². The summed E-state index contributed by atoms with van der Waals surface area (Å²) >= 11 is 5.86. The highest BCUT2D eigenvalue weighted by Gasteiger charge is 2.45. The molecule has 2 N–H and O–H groups in total. The van der Waals surface area contributed by atoms with E-state index < -0.39 is 30.6 Å². The van der Waals surface area contributed by atoms with Gasteiger partial charge in [-0.25, -0.2) is 13.2 Å². The van der Waals surface area contributed by atoms with E-state index in [9.17, 15) is 22.8 Å². The molecule has 1 aliphatic heterocycles. The molecular weight excluding hydrogens is 433 g/mol. The predicted molar refractivity (Wildman–Crippen MR) is 111 cm³/mol. The molecule has 2 aromatic rings. The van der Waals surface area contributed by atoms with Crippen molar-refractivity contribution in [2.24, 2.45) is 11.1 Å². The van der Waals surface area contributed by atoms with Gasteiger partial charge in [0.2, 0.25) is 5.91 Å². The van der Waals surface area contributed by atoms with Crippen molar-refractivity contribution in [1.82, 2.24) is 14.7 Å². The summed E-state index contributed by atoms with van der Waals surface area (Å²) in [6.45, 7) is 2.99. The summed E-state index contributed by atoms with van der Waals surface area (Å²) in [6, 6.07) is 3.70.